The summed E-state index contributed by atoms with van der Waals surface area (Å²) in [5, 5.41) is 2.50. The molecule has 1 aromatic carbocycles. The molecular weight excluding hydrogens is 393 g/mol. The van der Waals surface area contributed by atoms with E-state index in [1.54, 1.807) is 0 Å². The van der Waals surface area contributed by atoms with E-state index in [2.05, 4.69) is 17.1 Å². The summed E-state index contributed by atoms with van der Waals surface area (Å²) in [7, 11) is 0. The molecule has 3 fully saturated rings. The standard InChI is InChI=1S/C23H31F3N2O2/c1-2-3-9-19-15-12-18(20-10-4-5-11-28(19)20)21(13-15)30-22(29)27-17-8-6-7-16(14-17)23(24,25)26/h6-8,14-15,18-21H,2-5,9-13H2,1H3,(H,27,29)/t15-,18-,19+,20-,21-/m1/s1. The van der Waals surface area contributed by atoms with Crippen molar-refractivity contribution >= 4 is 11.8 Å². The summed E-state index contributed by atoms with van der Waals surface area (Å²) in [5.74, 6) is 0.877. The highest BCUT2D eigenvalue weighted by Gasteiger charge is 2.52. The zero-order valence-corrected chi connectivity index (χ0v) is 17.5. The fraction of sp³-hybridized carbons (Fsp3) is 0.696. The van der Waals surface area contributed by atoms with E-state index in [-0.39, 0.29) is 11.8 Å². The number of halogens is 3. The Morgan fingerprint density at radius 2 is 2.10 bits per heavy atom. The number of alkyl halides is 3. The quantitative estimate of drug-likeness (QED) is 0.623. The number of carbonyl (C=O) groups is 1. The average Bonchev–Trinajstić information content (AvgIpc) is 3.06. The van der Waals surface area contributed by atoms with E-state index in [1.165, 1.54) is 44.2 Å². The molecule has 2 aliphatic heterocycles. The minimum absolute atomic E-state index is 0.107. The number of piperidine rings is 2. The molecule has 4 nitrogen and oxygen atoms in total. The molecule has 0 unspecified atom stereocenters. The minimum atomic E-state index is -4.44. The van der Waals surface area contributed by atoms with Crippen LogP contribution in [0.15, 0.2) is 24.3 Å². The second-order valence-electron chi connectivity index (χ2n) is 9.05. The predicted octanol–water partition coefficient (Wildman–Crippen LogP) is 6.08. The molecule has 2 saturated heterocycles. The second kappa shape index (κ2) is 8.77. The van der Waals surface area contributed by atoms with Crippen molar-refractivity contribution in [2.75, 3.05) is 11.9 Å². The van der Waals surface area contributed by atoms with Crippen molar-refractivity contribution in [3.63, 3.8) is 0 Å². The molecule has 1 saturated carbocycles. The molecule has 2 bridgehead atoms. The number of amides is 1. The largest absolute Gasteiger partial charge is 0.446 e. The zero-order valence-electron chi connectivity index (χ0n) is 17.5. The summed E-state index contributed by atoms with van der Waals surface area (Å²) in [4.78, 5) is 15.2. The Morgan fingerprint density at radius 3 is 2.87 bits per heavy atom. The van der Waals surface area contributed by atoms with Gasteiger partial charge in [-0.3, -0.25) is 10.2 Å². The molecule has 0 aromatic heterocycles. The SMILES string of the molecule is CCCC[C@H]1[C@@H]2C[C@H]([C@H]3CCCCN31)[C@H](OC(=O)Nc1cccc(C(F)(F)F)c1)C2. The van der Waals surface area contributed by atoms with Crippen molar-refractivity contribution < 1.29 is 22.7 Å². The van der Waals surface area contributed by atoms with Gasteiger partial charge in [-0.05, 0) is 62.8 Å². The third kappa shape index (κ3) is 4.46. The molecule has 1 amide bonds. The van der Waals surface area contributed by atoms with Gasteiger partial charge in [-0.2, -0.15) is 13.2 Å². The van der Waals surface area contributed by atoms with E-state index >= 15 is 0 Å². The third-order valence-electron chi connectivity index (χ3n) is 7.19. The van der Waals surface area contributed by atoms with Crippen LogP contribution in [-0.2, 0) is 10.9 Å². The zero-order chi connectivity index (χ0) is 21.3. The molecule has 1 aliphatic carbocycles. The monoisotopic (exact) mass is 424 g/mol. The number of nitrogens with one attached hydrogen (secondary N) is 1. The summed E-state index contributed by atoms with van der Waals surface area (Å²) < 4.78 is 44.5. The number of rotatable bonds is 5. The normalized spacial score (nSPS) is 31.3. The van der Waals surface area contributed by atoms with Gasteiger partial charge in [0, 0.05) is 23.7 Å². The lowest BCUT2D eigenvalue weighted by molar-refractivity contribution is -0.137. The Kier molecular flexibility index (Phi) is 6.28. The van der Waals surface area contributed by atoms with E-state index in [9.17, 15) is 18.0 Å². The molecular formula is C23H31F3N2O2. The number of anilines is 1. The summed E-state index contributed by atoms with van der Waals surface area (Å²) >= 11 is 0. The fourth-order valence-electron chi connectivity index (χ4n) is 5.92. The highest BCUT2D eigenvalue weighted by atomic mass is 19.4. The van der Waals surface area contributed by atoms with Gasteiger partial charge in [-0.15, -0.1) is 0 Å². The van der Waals surface area contributed by atoms with Crippen LogP contribution >= 0.6 is 0 Å². The molecule has 7 heteroatoms. The number of hydrogen-bond donors (Lipinski definition) is 1. The number of carbonyl (C=O) groups excluding carboxylic acids is 1. The Balaban J connectivity index is 1.42. The molecule has 1 N–H and O–H groups in total. The van der Waals surface area contributed by atoms with Crippen LogP contribution in [0, 0.1) is 11.8 Å². The maximum absolute atomic E-state index is 12.9. The maximum atomic E-state index is 12.9. The van der Waals surface area contributed by atoms with Crippen molar-refractivity contribution in [3.8, 4) is 0 Å². The number of unbranched alkanes of at least 4 members (excludes halogenated alkanes) is 1. The van der Waals surface area contributed by atoms with Crippen LogP contribution in [0.1, 0.15) is 63.9 Å². The molecule has 30 heavy (non-hydrogen) atoms. The van der Waals surface area contributed by atoms with Crippen LogP contribution < -0.4 is 5.32 Å². The predicted molar refractivity (Wildman–Crippen MR) is 109 cm³/mol. The highest BCUT2D eigenvalue weighted by Crippen LogP contribution is 2.49. The maximum Gasteiger partial charge on any atom is 0.416 e. The van der Waals surface area contributed by atoms with Crippen molar-refractivity contribution in [2.45, 2.75) is 82.7 Å². The molecule has 1 aromatic rings. The molecule has 166 valence electrons. The second-order valence-corrected chi connectivity index (χ2v) is 9.05. The third-order valence-corrected chi connectivity index (χ3v) is 7.19. The topological polar surface area (TPSA) is 41.6 Å². The van der Waals surface area contributed by atoms with Gasteiger partial charge >= 0.3 is 12.3 Å². The van der Waals surface area contributed by atoms with Gasteiger partial charge in [0.25, 0.3) is 0 Å². The van der Waals surface area contributed by atoms with Crippen molar-refractivity contribution in [1.29, 1.82) is 0 Å². The van der Waals surface area contributed by atoms with E-state index in [4.69, 9.17) is 4.74 Å². The van der Waals surface area contributed by atoms with E-state index in [1.807, 2.05) is 0 Å². The number of ether oxygens (including phenoxy) is 1. The van der Waals surface area contributed by atoms with Crippen molar-refractivity contribution in [2.24, 2.45) is 11.8 Å². The number of nitrogens with zero attached hydrogens (tertiary/aromatic N) is 1. The van der Waals surface area contributed by atoms with Gasteiger partial charge in [0.05, 0.1) is 5.56 Å². The van der Waals surface area contributed by atoms with Gasteiger partial charge in [-0.1, -0.05) is 32.3 Å². The molecule has 0 spiro atoms. The van der Waals surface area contributed by atoms with E-state index in [0.717, 1.165) is 37.9 Å². The van der Waals surface area contributed by atoms with Gasteiger partial charge in [0.2, 0.25) is 0 Å². The first-order chi connectivity index (χ1) is 14.4. The lowest BCUT2D eigenvalue weighted by Gasteiger charge is -2.49. The van der Waals surface area contributed by atoms with Gasteiger partial charge in [0.15, 0.2) is 0 Å². The summed E-state index contributed by atoms with van der Waals surface area (Å²) in [6, 6.07) is 5.71. The Bertz CT molecular complexity index is 754. The number of hydrogen-bond acceptors (Lipinski definition) is 3. The van der Waals surface area contributed by atoms with Gasteiger partial charge in [-0.25, -0.2) is 4.79 Å². The number of fused-ring (bicyclic) bond motifs is 4. The molecule has 5 atom stereocenters. The van der Waals surface area contributed by atoms with Crippen LogP contribution in [0.2, 0.25) is 0 Å². The lowest BCUT2D eigenvalue weighted by atomic mass is 9.79. The Hall–Kier alpha value is -1.76. The number of benzene rings is 1. The first-order valence-corrected chi connectivity index (χ1v) is 11.3. The smallest absolute Gasteiger partial charge is 0.416 e. The molecule has 2 heterocycles. The first-order valence-electron chi connectivity index (χ1n) is 11.3. The fourth-order valence-corrected chi connectivity index (χ4v) is 5.92. The summed E-state index contributed by atoms with van der Waals surface area (Å²) in [5.41, 5.74) is -0.676. The first kappa shape index (κ1) is 21.5. The van der Waals surface area contributed by atoms with Gasteiger partial charge in [0.1, 0.15) is 6.10 Å². The van der Waals surface area contributed by atoms with Crippen LogP contribution in [0.3, 0.4) is 0 Å². The lowest BCUT2D eigenvalue weighted by Crippen LogP contribution is -2.55. The highest BCUT2D eigenvalue weighted by molar-refractivity contribution is 5.84. The average molecular weight is 425 g/mol. The van der Waals surface area contributed by atoms with Crippen molar-refractivity contribution in [3.05, 3.63) is 29.8 Å². The molecule has 4 rings (SSSR count). The van der Waals surface area contributed by atoms with Crippen LogP contribution in [0.4, 0.5) is 23.7 Å². The Morgan fingerprint density at radius 1 is 1.27 bits per heavy atom. The van der Waals surface area contributed by atoms with Crippen LogP contribution in [-0.4, -0.2) is 35.7 Å². The minimum Gasteiger partial charge on any atom is -0.446 e. The van der Waals surface area contributed by atoms with Crippen molar-refractivity contribution in [1.82, 2.24) is 4.90 Å². The van der Waals surface area contributed by atoms with Gasteiger partial charge < -0.3 is 4.74 Å². The van der Waals surface area contributed by atoms with Crippen LogP contribution in [0.5, 0.6) is 0 Å². The van der Waals surface area contributed by atoms with E-state index in [0.29, 0.717) is 23.9 Å². The van der Waals surface area contributed by atoms with Crippen LogP contribution in [0.25, 0.3) is 0 Å². The molecule has 0 radical (unpaired) electrons. The molecule has 3 aliphatic rings. The van der Waals surface area contributed by atoms with E-state index < -0.39 is 17.8 Å². The summed E-state index contributed by atoms with van der Waals surface area (Å²) in [6.45, 7) is 3.35. The summed E-state index contributed by atoms with van der Waals surface area (Å²) in [6.07, 6.45) is 3.91. The Labute approximate surface area is 176 Å².